The van der Waals surface area contributed by atoms with E-state index in [0.717, 1.165) is 24.1 Å². The summed E-state index contributed by atoms with van der Waals surface area (Å²) < 4.78 is 63.0. The highest BCUT2D eigenvalue weighted by atomic mass is 35.5. The van der Waals surface area contributed by atoms with Gasteiger partial charge in [0.15, 0.2) is 9.84 Å². The maximum absolute atomic E-state index is 13.5. The first-order valence-electron chi connectivity index (χ1n) is 10.6. The Balaban J connectivity index is 1.58. The van der Waals surface area contributed by atoms with Gasteiger partial charge in [-0.25, -0.2) is 13.4 Å². The number of hydrogen-bond acceptors (Lipinski definition) is 5. The number of pyridine rings is 1. The average Bonchev–Trinajstić information content (AvgIpc) is 2.83. The van der Waals surface area contributed by atoms with Crippen molar-refractivity contribution in [2.45, 2.75) is 11.1 Å². The van der Waals surface area contributed by atoms with Crippen LogP contribution in [-0.2, 0) is 16.0 Å². The Hall–Kier alpha value is -3.11. The second kappa shape index (κ2) is 9.50. The van der Waals surface area contributed by atoms with Gasteiger partial charge < -0.3 is 9.80 Å². The quantitative estimate of drug-likeness (QED) is 0.492. The molecule has 0 aliphatic carbocycles. The number of halogens is 4. The Morgan fingerprint density at radius 2 is 1.66 bits per heavy atom. The maximum Gasteiger partial charge on any atom is 0.417 e. The van der Waals surface area contributed by atoms with Crippen molar-refractivity contribution in [3.8, 4) is 11.1 Å². The first-order chi connectivity index (χ1) is 16.4. The molecule has 1 aliphatic heterocycles. The minimum Gasteiger partial charge on any atom is -0.352 e. The van der Waals surface area contributed by atoms with Crippen LogP contribution < -0.4 is 4.90 Å². The number of aromatic nitrogens is 1. The third kappa shape index (κ3) is 5.43. The highest BCUT2D eigenvalue weighted by molar-refractivity contribution is 7.90. The summed E-state index contributed by atoms with van der Waals surface area (Å²) in [6.07, 6.45) is -2.73. The van der Waals surface area contributed by atoms with E-state index in [2.05, 4.69) is 4.98 Å². The summed E-state index contributed by atoms with van der Waals surface area (Å²) >= 11 is 6.07. The van der Waals surface area contributed by atoms with Gasteiger partial charge >= 0.3 is 6.18 Å². The van der Waals surface area contributed by atoms with E-state index in [0.29, 0.717) is 18.7 Å². The van der Waals surface area contributed by atoms with E-state index in [1.54, 1.807) is 15.9 Å². The van der Waals surface area contributed by atoms with Crippen LogP contribution in [0.15, 0.2) is 65.7 Å². The Morgan fingerprint density at radius 1 is 1.00 bits per heavy atom. The van der Waals surface area contributed by atoms with E-state index in [1.165, 1.54) is 12.1 Å². The fourth-order valence-corrected chi connectivity index (χ4v) is 4.84. The number of alkyl halides is 3. The standard InChI is InChI=1S/C24H21ClF3N3O3S/c1-35(33,34)18-7-8-19(16-5-3-2-4-6-16)20(14-18)23(32)31-11-9-30(10-12-31)22-21(25)13-17(15-29-22)24(26,27)28/h2-8,13-15H,9-12H2,1H3. The molecule has 0 saturated carbocycles. The second-order valence-electron chi connectivity index (χ2n) is 8.15. The smallest absolute Gasteiger partial charge is 0.352 e. The number of piperazine rings is 1. The average molecular weight is 524 g/mol. The molecule has 11 heteroatoms. The van der Waals surface area contributed by atoms with Gasteiger partial charge in [0.25, 0.3) is 5.91 Å². The second-order valence-corrected chi connectivity index (χ2v) is 10.6. The Labute approximate surface area is 205 Å². The van der Waals surface area contributed by atoms with Crippen molar-refractivity contribution in [1.82, 2.24) is 9.88 Å². The van der Waals surface area contributed by atoms with Crippen molar-refractivity contribution >= 4 is 33.2 Å². The van der Waals surface area contributed by atoms with Gasteiger partial charge in [0.1, 0.15) is 5.82 Å². The summed E-state index contributed by atoms with van der Waals surface area (Å²) in [4.78, 5) is 20.7. The molecule has 1 fully saturated rings. The van der Waals surface area contributed by atoms with Crippen molar-refractivity contribution in [3.05, 3.63) is 76.9 Å². The number of anilines is 1. The van der Waals surface area contributed by atoms with Crippen LogP contribution in [0.3, 0.4) is 0 Å². The molecule has 0 atom stereocenters. The van der Waals surface area contributed by atoms with Gasteiger partial charge in [0, 0.05) is 44.2 Å². The van der Waals surface area contributed by atoms with Gasteiger partial charge in [-0.05, 0) is 29.3 Å². The molecule has 1 aromatic heterocycles. The SMILES string of the molecule is CS(=O)(=O)c1ccc(-c2ccccc2)c(C(=O)N2CCN(c3ncc(C(F)(F)F)cc3Cl)CC2)c1. The van der Waals surface area contributed by atoms with Crippen LogP contribution in [0.25, 0.3) is 11.1 Å². The Morgan fingerprint density at radius 3 is 2.23 bits per heavy atom. The fraction of sp³-hybridized carbons (Fsp3) is 0.250. The first kappa shape index (κ1) is 25.0. The molecule has 1 saturated heterocycles. The molecular formula is C24H21ClF3N3O3S. The van der Waals surface area contributed by atoms with E-state index < -0.39 is 21.6 Å². The first-order valence-corrected chi connectivity index (χ1v) is 12.9. The Kier molecular flexibility index (Phi) is 6.79. The summed E-state index contributed by atoms with van der Waals surface area (Å²) in [5, 5.41) is -0.119. The van der Waals surface area contributed by atoms with E-state index in [1.807, 2.05) is 30.3 Å². The van der Waals surface area contributed by atoms with E-state index in [-0.39, 0.29) is 40.3 Å². The third-order valence-corrected chi connectivity index (χ3v) is 7.14. The molecule has 3 aromatic rings. The molecule has 184 valence electrons. The van der Waals surface area contributed by atoms with Crippen LogP contribution in [0.5, 0.6) is 0 Å². The van der Waals surface area contributed by atoms with Gasteiger partial charge in [0.2, 0.25) is 0 Å². The largest absolute Gasteiger partial charge is 0.417 e. The maximum atomic E-state index is 13.5. The molecule has 0 bridgehead atoms. The van der Waals surface area contributed by atoms with Crippen molar-refractivity contribution < 1.29 is 26.4 Å². The molecule has 4 rings (SSSR count). The molecule has 2 heterocycles. The molecule has 0 N–H and O–H groups in total. The summed E-state index contributed by atoms with van der Waals surface area (Å²) in [7, 11) is -3.53. The number of hydrogen-bond donors (Lipinski definition) is 0. The summed E-state index contributed by atoms with van der Waals surface area (Å²) in [5.74, 6) is -0.115. The number of benzene rings is 2. The topological polar surface area (TPSA) is 70.6 Å². The lowest BCUT2D eigenvalue weighted by molar-refractivity contribution is -0.137. The van der Waals surface area contributed by atoms with Crippen molar-refractivity contribution in [1.29, 1.82) is 0 Å². The molecular weight excluding hydrogens is 503 g/mol. The van der Waals surface area contributed by atoms with Crippen LogP contribution in [0.4, 0.5) is 19.0 Å². The number of sulfone groups is 1. The molecule has 6 nitrogen and oxygen atoms in total. The van der Waals surface area contributed by atoms with Crippen molar-refractivity contribution in [3.63, 3.8) is 0 Å². The molecule has 0 unspecified atom stereocenters. The van der Waals surface area contributed by atoms with E-state index in [9.17, 15) is 26.4 Å². The third-order valence-electron chi connectivity index (χ3n) is 5.75. The number of carbonyl (C=O) groups excluding carboxylic acids is 1. The summed E-state index contributed by atoms with van der Waals surface area (Å²) in [5.41, 5.74) is 0.714. The zero-order valence-corrected chi connectivity index (χ0v) is 20.2. The van der Waals surface area contributed by atoms with Gasteiger partial charge in [0.05, 0.1) is 15.5 Å². The number of amides is 1. The number of rotatable bonds is 4. The van der Waals surface area contributed by atoms with Gasteiger partial charge in [-0.3, -0.25) is 4.79 Å². The molecule has 1 amide bonds. The Bertz CT molecular complexity index is 1360. The minimum absolute atomic E-state index is 0.0416. The molecule has 1 aliphatic rings. The van der Waals surface area contributed by atoms with Crippen LogP contribution >= 0.6 is 11.6 Å². The van der Waals surface area contributed by atoms with E-state index in [4.69, 9.17) is 11.6 Å². The monoisotopic (exact) mass is 523 g/mol. The normalized spacial score (nSPS) is 14.8. The van der Waals surface area contributed by atoms with Crippen molar-refractivity contribution in [2.24, 2.45) is 0 Å². The molecule has 2 aromatic carbocycles. The minimum atomic E-state index is -4.54. The van der Waals surface area contributed by atoms with Crippen LogP contribution in [-0.4, -0.2) is 56.6 Å². The summed E-state index contributed by atoms with van der Waals surface area (Å²) in [6.45, 7) is 1.12. The highest BCUT2D eigenvalue weighted by Crippen LogP contribution is 2.34. The van der Waals surface area contributed by atoms with Gasteiger partial charge in [-0.2, -0.15) is 13.2 Å². The predicted molar refractivity (Wildman–Crippen MR) is 127 cm³/mol. The molecule has 0 radical (unpaired) electrons. The number of nitrogens with zero attached hydrogens (tertiary/aromatic N) is 3. The zero-order valence-electron chi connectivity index (χ0n) is 18.6. The van der Waals surface area contributed by atoms with Crippen LogP contribution in [0.1, 0.15) is 15.9 Å². The van der Waals surface area contributed by atoms with E-state index >= 15 is 0 Å². The lowest BCUT2D eigenvalue weighted by atomic mass is 9.98. The zero-order chi connectivity index (χ0) is 25.4. The lowest BCUT2D eigenvalue weighted by Crippen LogP contribution is -2.49. The van der Waals surface area contributed by atoms with Gasteiger partial charge in [-0.1, -0.05) is 48.0 Å². The lowest BCUT2D eigenvalue weighted by Gasteiger charge is -2.36. The summed E-state index contributed by atoms with van der Waals surface area (Å²) in [6, 6.07) is 14.5. The predicted octanol–water partition coefficient (Wildman–Crippen LogP) is 4.79. The molecule has 0 spiro atoms. The fourth-order valence-electron chi connectivity index (χ4n) is 3.91. The number of carbonyl (C=O) groups is 1. The van der Waals surface area contributed by atoms with Crippen LogP contribution in [0.2, 0.25) is 5.02 Å². The van der Waals surface area contributed by atoms with Crippen molar-refractivity contribution in [2.75, 3.05) is 37.3 Å². The molecule has 35 heavy (non-hydrogen) atoms. The van der Waals surface area contributed by atoms with Crippen LogP contribution in [0, 0.1) is 0 Å². The van der Waals surface area contributed by atoms with Gasteiger partial charge in [-0.15, -0.1) is 0 Å². The highest BCUT2D eigenvalue weighted by Gasteiger charge is 2.33.